The highest BCUT2D eigenvalue weighted by atomic mass is 79.9. The zero-order valence-corrected chi connectivity index (χ0v) is 22.5. The van der Waals surface area contributed by atoms with Crippen LogP contribution in [0.4, 0.5) is 0 Å². The Labute approximate surface area is 208 Å². The lowest BCUT2D eigenvalue weighted by Gasteiger charge is -2.24. The van der Waals surface area contributed by atoms with Gasteiger partial charge in [0.2, 0.25) is 5.91 Å². The fraction of sp³-hybridized carbons (Fsp3) is 0.741. The summed E-state index contributed by atoms with van der Waals surface area (Å²) in [6, 6.07) is 0. The number of amides is 1. The molecule has 0 aliphatic carbocycles. The fourth-order valence-corrected chi connectivity index (χ4v) is 3.75. The van der Waals surface area contributed by atoms with Gasteiger partial charge in [0.05, 0.1) is 6.54 Å². The summed E-state index contributed by atoms with van der Waals surface area (Å²) in [7, 11) is 0. The van der Waals surface area contributed by atoms with Crippen LogP contribution in [0, 0.1) is 0 Å². The molecular formula is C27H49BrN2O2. The molecule has 0 aromatic carbocycles. The molecule has 0 fully saturated rings. The fourth-order valence-electron chi connectivity index (χ4n) is 3.75. The van der Waals surface area contributed by atoms with Gasteiger partial charge in [-0.05, 0) is 45.1 Å². The SMILES string of the molecule is Br.CCCCCCCCC=CCCCCCCCCOCN1C=CC=C(C(=O)NCC)C1. The Bertz CT molecular complexity index is 532. The highest BCUT2D eigenvalue weighted by Gasteiger charge is 2.13. The van der Waals surface area contributed by atoms with E-state index in [-0.39, 0.29) is 22.9 Å². The van der Waals surface area contributed by atoms with E-state index in [1.165, 1.54) is 83.5 Å². The maximum Gasteiger partial charge on any atom is 0.249 e. The molecule has 186 valence electrons. The molecule has 4 nitrogen and oxygen atoms in total. The average Bonchev–Trinajstić information content (AvgIpc) is 2.78. The van der Waals surface area contributed by atoms with Crippen LogP contribution in [-0.2, 0) is 9.53 Å². The van der Waals surface area contributed by atoms with Crippen LogP contribution < -0.4 is 5.32 Å². The summed E-state index contributed by atoms with van der Waals surface area (Å²) in [6.07, 6.45) is 29.1. The predicted octanol–water partition coefficient (Wildman–Crippen LogP) is 7.47. The molecule has 1 amide bonds. The molecule has 1 aliphatic rings. The van der Waals surface area contributed by atoms with E-state index in [9.17, 15) is 4.79 Å². The summed E-state index contributed by atoms with van der Waals surface area (Å²) in [5.74, 6) is 0.0187. The van der Waals surface area contributed by atoms with Gasteiger partial charge in [0.1, 0.15) is 6.73 Å². The summed E-state index contributed by atoms with van der Waals surface area (Å²) in [5, 5.41) is 2.85. The molecule has 0 radical (unpaired) electrons. The Morgan fingerprint density at radius 1 is 0.938 bits per heavy atom. The van der Waals surface area contributed by atoms with Crippen molar-refractivity contribution in [2.75, 3.05) is 26.4 Å². The molecule has 0 atom stereocenters. The second-order valence-corrected chi connectivity index (χ2v) is 8.61. The predicted molar refractivity (Wildman–Crippen MR) is 143 cm³/mol. The van der Waals surface area contributed by atoms with Crippen molar-refractivity contribution < 1.29 is 9.53 Å². The van der Waals surface area contributed by atoms with Gasteiger partial charge in [0.15, 0.2) is 0 Å². The number of ether oxygens (including phenoxy) is 1. The quantitative estimate of drug-likeness (QED) is 0.136. The van der Waals surface area contributed by atoms with Gasteiger partial charge in [-0.25, -0.2) is 0 Å². The molecule has 0 spiro atoms. The van der Waals surface area contributed by atoms with Crippen molar-refractivity contribution in [3.05, 3.63) is 36.1 Å². The summed E-state index contributed by atoms with van der Waals surface area (Å²) in [6.45, 7) is 6.84. The van der Waals surface area contributed by atoms with E-state index >= 15 is 0 Å². The van der Waals surface area contributed by atoms with Crippen molar-refractivity contribution in [2.45, 2.75) is 104 Å². The van der Waals surface area contributed by atoms with E-state index in [1.54, 1.807) is 0 Å². The Morgan fingerprint density at radius 3 is 2.16 bits per heavy atom. The number of hydrogen-bond acceptors (Lipinski definition) is 3. The molecule has 32 heavy (non-hydrogen) atoms. The zero-order chi connectivity index (χ0) is 22.4. The number of carbonyl (C=O) groups excluding carboxylic acids is 1. The van der Waals surface area contributed by atoms with Gasteiger partial charge in [-0.1, -0.05) is 82.9 Å². The smallest absolute Gasteiger partial charge is 0.249 e. The van der Waals surface area contributed by atoms with Gasteiger partial charge in [0.25, 0.3) is 0 Å². The molecule has 1 rings (SSSR count). The monoisotopic (exact) mass is 512 g/mol. The minimum absolute atomic E-state index is 0. The molecule has 1 N–H and O–H groups in total. The van der Waals surface area contributed by atoms with Crippen LogP contribution >= 0.6 is 17.0 Å². The first-order chi connectivity index (χ1) is 15.3. The topological polar surface area (TPSA) is 41.6 Å². The molecule has 5 heteroatoms. The molecule has 1 aliphatic heterocycles. The van der Waals surface area contributed by atoms with Crippen molar-refractivity contribution in [1.29, 1.82) is 0 Å². The Morgan fingerprint density at radius 2 is 1.53 bits per heavy atom. The number of hydrogen-bond donors (Lipinski definition) is 1. The molecule has 0 aromatic rings. The number of nitrogens with zero attached hydrogens (tertiary/aromatic N) is 1. The van der Waals surface area contributed by atoms with Crippen LogP contribution in [0.5, 0.6) is 0 Å². The zero-order valence-electron chi connectivity index (χ0n) is 20.8. The number of halogens is 1. The van der Waals surface area contributed by atoms with E-state index < -0.39 is 0 Å². The number of nitrogens with one attached hydrogen (secondary N) is 1. The normalized spacial score (nSPS) is 13.3. The largest absolute Gasteiger partial charge is 0.361 e. The maximum absolute atomic E-state index is 11.9. The highest BCUT2D eigenvalue weighted by Crippen LogP contribution is 2.11. The van der Waals surface area contributed by atoms with E-state index in [2.05, 4.69) is 24.4 Å². The summed E-state index contributed by atoms with van der Waals surface area (Å²) >= 11 is 0. The van der Waals surface area contributed by atoms with Crippen LogP contribution in [0.3, 0.4) is 0 Å². The van der Waals surface area contributed by atoms with Gasteiger partial charge in [0, 0.05) is 24.9 Å². The Kier molecular flexibility index (Phi) is 22.3. The number of carbonyl (C=O) groups is 1. The maximum atomic E-state index is 11.9. The van der Waals surface area contributed by atoms with E-state index in [0.717, 1.165) is 18.6 Å². The average molecular weight is 514 g/mol. The lowest BCUT2D eigenvalue weighted by Crippen LogP contribution is -2.33. The summed E-state index contributed by atoms with van der Waals surface area (Å²) in [5.41, 5.74) is 0.796. The first-order valence-corrected chi connectivity index (χ1v) is 12.9. The first kappa shape index (κ1) is 30.9. The third kappa shape index (κ3) is 17.5. The van der Waals surface area contributed by atoms with Gasteiger partial charge >= 0.3 is 0 Å². The van der Waals surface area contributed by atoms with Crippen LogP contribution in [0.25, 0.3) is 0 Å². The van der Waals surface area contributed by atoms with E-state index in [4.69, 9.17) is 4.74 Å². The van der Waals surface area contributed by atoms with E-state index in [1.807, 2.05) is 30.2 Å². The van der Waals surface area contributed by atoms with Gasteiger partial charge in [-0.15, -0.1) is 17.0 Å². The van der Waals surface area contributed by atoms with Crippen molar-refractivity contribution in [3.8, 4) is 0 Å². The van der Waals surface area contributed by atoms with Gasteiger partial charge in [-0.2, -0.15) is 0 Å². The van der Waals surface area contributed by atoms with Gasteiger partial charge < -0.3 is 15.0 Å². The van der Waals surface area contributed by atoms with Crippen LogP contribution in [-0.4, -0.2) is 37.2 Å². The molecule has 0 unspecified atom stereocenters. The number of allylic oxidation sites excluding steroid dienone is 4. The van der Waals surface area contributed by atoms with Crippen LogP contribution in [0.15, 0.2) is 36.1 Å². The molecule has 0 saturated carbocycles. The molecule has 0 bridgehead atoms. The number of rotatable bonds is 20. The van der Waals surface area contributed by atoms with Crippen LogP contribution in [0.2, 0.25) is 0 Å². The summed E-state index contributed by atoms with van der Waals surface area (Å²) in [4.78, 5) is 13.9. The second-order valence-electron chi connectivity index (χ2n) is 8.61. The standard InChI is InChI=1S/C27H48N2O2.BrH/c1-3-5-6-7-8-9-10-11-12-13-14-15-16-17-18-19-23-31-25-29-22-20-21-26(24-29)27(30)28-4-2;/h11-12,20-22H,3-10,13-19,23-25H2,1-2H3,(H,28,30);1H. The minimum atomic E-state index is 0. The Balaban J connectivity index is 0.00000961. The number of unbranched alkanes of at least 4 members (excludes halogenated alkanes) is 12. The van der Waals surface area contributed by atoms with Crippen molar-refractivity contribution in [1.82, 2.24) is 10.2 Å². The van der Waals surface area contributed by atoms with Crippen LogP contribution in [0.1, 0.15) is 104 Å². The lowest BCUT2D eigenvalue weighted by atomic mass is 10.1. The molecular weight excluding hydrogens is 464 g/mol. The van der Waals surface area contributed by atoms with Crippen molar-refractivity contribution >= 4 is 22.9 Å². The molecule has 0 aromatic heterocycles. The van der Waals surface area contributed by atoms with Crippen molar-refractivity contribution in [2.24, 2.45) is 0 Å². The lowest BCUT2D eigenvalue weighted by molar-refractivity contribution is -0.117. The van der Waals surface area contributed by atoms with Gasteiger partial charge in [-0.3, -0.25) is 4.79 Å². The number of likely N-dealkylation sites (N-methyl/N-ethyl adjacent to an activating group) is 1. The van der Waals surface area contributed by atoms with E-state index in [0.29, 0.717) is 19.8 Å². The second kappa shape index (κ2) is 23.1. The minimum Gasteiger partial charge on any atom is -0.361 e. The summed E-state index contributed by atoms with van der Waals surface area (Å²) < 4.78 is 5.79. The first-order valence-electron chi connectivity index (χ1n) is 12.9. The highest BCUT2D eigenvalue weighted by molar-refractivity contribution is 8.93. The Hall–Kier alpha value is -1.07. The van der Waals surface area contributed by atoms with Crippen molar-refractivity contribution in [3.63, 3.8) is 0 Å². The molecule has 0 saturated heterocycles. The third-order valence-electron chi connectivity index (χ3n) is 5.65. The molecule has 1 heterocycles. The third-order valence-corrected chi connectivity index (χ3v) is 5.65.